The summed E-state index contributed by atoms with van der Waals surface area (Å²) < 4.78 is 26.0. The summed E-state index contributed by atoms with van der Waals surface area (Å²) in [6, 6.07) is 13.8. The monoisotopic (exact) mass is 486 g/mol. The van der Waals surface area contributed by atoms with E-state index < -0.39 is 0 Å². The van der Waals surface area contributed by atoms with E-state index in [4.69, 9.17) is 0 Å². The number of nitrogens with zero attached hydrogens (tertiary/aromatic N) is 4. The standard InChI is InChI=1S/C12H10F2N2.C12H12N2.C6H10/c1-7-9(13)3-5-11(15-7)12-6-4-10(14)8(2)16-12;1-9-3-5-11(13-7-9)12-6-4-10(2)8-14-12;1-4-5-6(2)3/h3-6H,1-2H3;3-8H,1-2H3;4-5H,1H2,2-3H3. The fourth-order valence-electron chi connectivity index (χ4n) is 2.85. The lowest BCUT2D eigenvalue weighted by Crippen LogP contribution is -1.95. The van der Waals surface area contributed by atoms with Crippen molar-refractivity contribution in [2.45, 2.75) is 41.5 Å². The Bertz CT molecular complexity index is 1220. The van der Waals surface area contributed by atoms with Gasteiger partial charge in [-0.3, -0.25) is 9.97 Å². The molecule has 4 nitrogen and oxygen atoms in total. The Morgan fingerprint density at radius 1 is 0.639 bits per heavy atom. The SMILES string of the molecule is C=CC=C(C)C.Cc1ccc(-c2ccc(C)cn2)nc1.Cc1nc(-c2ccc(F)c(C)n2)ccc1F. The van der Waals surface area contributed by atoms with Crippen LogP contribution in [0.3, 0.4) is 0 Å². The van der Waals surface area contributed by atoms with Gasteiger partial charge in [-0.25, -0.2) is 18.7 Å². The number of aryl methyl sites for hydroxylation is 4. The number of hydrogen-bond donors (Lipinski definition) is 0. The molecule has 4 aromatic heterocycles. The Labute approximate surface area is 212 Å². The van der Waals surface area contributed by atoms with Crippen LogP contribution in [0.1, 0.15) is 36.4 Å². The minimum Gasteiger partial charge on any atom is -0.254 e. The summed E-state index contributed by atoms with van der Waals surface area (Å²) >= 11 is 0. The van der Waals surface area contributed by atoms with Crippen LogP contribution < -0.4 is 0 Å². The highest BCUT2D eigenvalue weighted by Gasteiger charge is 2.06. The van der Waals surface area contributed by atoms with Crippen molar-refractivity contribution in [1.29, 1.82) is 0 Å². The first kappa shape index (κ1) is 28.2. The van der Waals surface area contributed by atoms with Gasteiger partial charge in [0.1, 0.15) is 11.6 Å². The van der Waals surface area contributed by atoms with Crippen LogP contribution in [0.4, 0.5) is 8.78 Å². The predicted molar refractivity (Wildman–Crippen MR) is 143 cm³/mol. The van der Waals surface area contributed by atoms with Crippen molar-refractivity contribution in [2.24, 2.45) is 0 Å². The average molecular weight is 487 g/mol. The second-order valence-electron chi connectivity index (χ2n) is 8.45. The minimum absolute atomic E-state index is 0.307. The van der Waals surface area contributed by atoms with Crippen LogP contribution in [-0.4, -0.2) is 19.9 Å². The van der Waals surface area contributed by atoms with E-state index in [9.17, 15) is 8.78 Å². The molecule has 186 valence electrons. The van der Waals surface area contributed by atoms with Crippen molar-refractivity contribution in [3.8, 4) is 22.8 Å². The molecule has 0 aliphatic heterocycles. The van der Waals surface area contributed by atoms with Crippen LogP contribution in [0.15, 0.2) is 85.2 Å². The predicted octanol–water partition coefficient (Wildman–Crippen LogP) is 7.94. The van der Waals surface area contributed by atoms with Crippen molar-refractivity contribution in [2.75, 3.05) is 0 Å². The number of rotatable bonds is 3. The summed E-state index contributed by atoms with van der Waals surface area (Å²) in [4.78, 5) is 16.7. The number of hydrogen-bond acceptors (Lipinski definition) is 4. The second kappa shape index (κ2) is 13.7. The van der Waals surface area contributed by atoms with Gasteiger partial charge >= 0.3 is 0 Å². The Hall–Kier alpha value is -4.06. The molecule has 4 rings (SSSR count). The van der Waals surface area contributed by atoms with E-state index in [1.165, 1.54) is 41.0 Å². The van der Waals surface area contributed by atoms with Crippen molar-refractivity contribution < 1.29 is 8.78 Å². The number of allylic oxidation sites excluding steroid dienone is 3. The Morgan fingerprint density at radius 3 is 1.28 bits per heavy atom. The van der Waals surface area contributed by atoms with Gasteiger partial charge in [0, 0.05) is 12.4 Å². The molecule has 0 saturated carbocycles. The molecule has 36 heavy (non-hydrogen) atoms. The minimum atomic E-state index is -0.359. The van der Waals surface area contributed by atoms with Gasteiger partial charge < -0.3 is 0 Å². The average Bonchev–Trinajstić information content (AvgIpc) is 2.84. The lowest BCUT2D eigenvalue weighted by molar-refractivity contribution is 0.608. The fraction of sp³-hybridized carbons (Fsp3) is 0.200. The van der Waals surface area contributed by atoms with Crippen LogP contribution in [-0.2, 0) is 0 Å². The molecule has 0 aliphatic carbocycles. The molecule has 0 N–H and O–H groups in total. The van der Waals surface area contributed by atoms with Crippen molar-refractivity contribution in [3.63, 3.8) is 0 Å². The zero-order valence-electron chi connectivity index (χ0n) is 21.7. The Morgan fingerprint density at radius 2 is 1.03 bits per heavy atom. The maximum absolute atomic E-state index is 13.0. The first-order chi connectivity index (χ1) is 17.1. The zero-order valence-corrected chi connectivity index (χ0v) is 21.7. The third-order valence-corrected chi connectivity index (χ3v) is 4.84. The molecule has 0 saturated heterocycles. The van der Waals surface area contributed by atoms with Gasteiger partial charge in [0.25, 0.3) is 0 Å². The van der Waals surface area contributed by atoms with Crippen LogP contribution in [0.2, 0.25) is 0 Å². The van der Waals surface area contributed by atoms with E-state index in [2.05, 4.69) is 26.5 Å². The molecule has 0 unspecified atom stereocenters. The third kappa shape index (κ3) is 8.95. The first-order valence-electron chi connectivity index (χ1n) is 11.5. The summed E-state index contributed by atoms with van der Waals surface area (Å²) in [5.74, 6) is -0.717. The summed E-state index contributed by atoms with van der Waals surface area (Å²) in [5.41, 5.74) is 7.18. The Balaban J connectivity index is 0.000000209. The van der Waals surface area contributed by atoms with Gasteiger partial charge in [0.05, 0.1) is 34.2 Å². The number of pyridine rings is 4. The van der Waals surface area contributed by atoms with Gasteiger partial charge in [-0.05, 0) is 89.1 Å². The smallest absolute Gasteiger partial charge is 0.144 e. The second-order valence-corrected chi connectivity index (χ2v) is 8.45. The normalized spacial score (nSPS) is 9.78. The Kier molecular flexibility index (Phi) is 10.7. The summed E-state index contributed by atoms with van der Waals surface area (Å²) in [5, 5.41) is 0. The molecule has 4 heterocycles. The maximum atomic E-state index is 13.0. The van der Waals surface area contributed by atoms with E-state index in [0.717, 1.165) is 11.4 Å². The third-order valence-electron chi connectivity index (χ3n) is 4.84. The number of halogens is 2. The van der Waals surface area contributed by atoms with Gasteiger partial charge in [0.15, 0.2) is 0 Å². The summed E-state index contributed by atoms with van der Waals surface area (Å²) in [6.07, 6.45) is 7.48. The molecule has 0 radical (unpaired) electrons. The molecule has 0 amide bonds. The lowest BCUT2D eigenvalue weighted by atomic mass is 10.2. The molecular weight excluding hydrogens is 454 g/mol. The van der Waals surface area contributed by atoms with Crippen LogP contribution >= 0.6 is 0 Å². The topological polar surface area (TPSA) is 51.6 Å². The highest BCUT2D eigenvalue weighted by molar-refractivity contribution is 5.55. The lowest BCUT2D eigenvalue weighted by Gasteiger charge is -2.03. The van der Waals surface area contributed by atoms with E-state index in [1.54, 1.807) is 19.9 Å². The summed E-state index contributed by atoms with van der Waals surface area (Å²) in [7, 11) is 0. The fourth-order valence-corrected chi connectivity index (χ4v) is 2.85. The van der Waals surface area contributed by atoms with Crippen molar-refractivity contribution in [1.82, 2.24) is 19.9 Å². The molecule has 0 fully saturated rings. The van der Waals surface area contributed by atoms with Crippen LogP contribution in [0.25, 0.3) is 22.8 Å². The van der Waals surface area contributed by atoms with Crippen LogP contribution in [0.5, 0.6) is 0 Å². The molecule has 0 aliphatic rings. The molecule has 0 aromatic carbocycles. The molecule has 0 spiro atoms. The first-order valence-corrected chi connectivity index (χ1v) is 11.5. The van der Waals surface area contributed by atoms with Gasteiger partial charge in [-0.1, -0.05) is 36.4 Å². The van der Waals surface area contributed by atoms with E-state index >= 15 is 0 Å². The van der Waals surface area contributed by atoms with E-state index in [1.807, 2.05) is 70.4 Å². The van der Waals surface area contributed by atoms with Gasteiger partial charge in [-0.2, -0.15) is 0 Å². The van der Waals surface area contributed by atoms with Crippen molar-refractivity contribution >= 4 is 0 Å². The van der Waals surface area contributed by atoms with Gasteiger partial charge in [-0.15, -0.1) is 0 Å². The van der Waals surface area contributed by atoms with Crippen molar-refractivity contribution in [3.05, 3.63) is 119 Å². The molecular formula is C30H32F2N4. The van der Waals surface area contributed by atoms with Crippen LogP contribution in [0, 0.1) is 39.3 Å². The van der Waals surface area contributed by atoms with Gasteiger partial charge in [0.2, 0.25) is 0 Å². The number of aromatic nitrogens is 4. The highest BCUT2D eigenvalue weighted by atomic mass is 19.1. The molecule has 4 aromatic rings. The summed E-state index contributed by atoms with van der Waals surface area (Å²) in [6.45, 7) is 14.8. The molecule has 0 atom stereocenters. The molecule has 6 heteroatoms. The van der Waals surface area contributed by atoms with E-state index in [-0.39, 0.29) is 11.6 Å². The molecule has 0 bridgehead atoms. The maximum Gasteiger partial charge on any atom is 0.144 e. The van der Waals surface area contributed by atoms with E-state index in [0.29, 0.717) is 22.8 Å². The highest BCUT2D eigenvalue weighted by Crippen LogP contribution is 2.18. The largest absolute Gasteiger partial charge is 0.254 e. The quantitative estimate of drug-likeness (QED) is 0.276. The zero-order chi connectivity index (χ0) is 26.7.